The van der Waals surface area contributed by atoms with Crippen LogP contribution in [0.1, 0.15) is 34.8 Å². The average molecular weight is 336 g/mol. The molecule has 2 N–H and O–H groups in total. The number of carbonyl (C=O) groups excluding carboxylic acids is 1. The number of hydrogen-bond acceptors (Lipinski definition) is 2. The first-order chi connectivity index (χ1) is 9.58. The zero-order valence-electron chi connectivity index (χ0n) is 10.9. The van der Waals surface area contributed by atoms with E-state index in [4.69, 9.17) is 5.73 Å². The molecule has 0 spiro atoms. The van der Waals surface area contributed by atoms with E-state index in [0.29, 0.717) is 10.9 Å². The predicted octanol–water partition coefficient (Wildman–Crippen LogP) is 4.25. The van der Waals surface area contributed by atoms with Crippen LogP contribution in [0.15, 0.2) is 53.0 Å². The van der Waals surface area contributed by atoms with Crippen LogP contribution in [0.5, 0.6) is 0 Å². The molecule has 2 rings (SSSR count). The van der Waals surface area contributed by atoms with Crippen LogP contribution in [0.2, 0.25) is 0 Å². The number of ketones is 1. The first kappa shape index (κ1) is 14.9. The molecule has 0 amide bonds. The Morgan fingerprint density at radius 1 is 1.20 bits per heavy atom. The second-order valence-corrected chi connectivity index (χ2v) is 5.52. The Labute approximate surface area is 125 Å². The summed E-state index contributed by atoms with van der Waals surface area (Å²) in [5, 5.41) is 0. The van der Waals surface area contributed by atoms with Gasteiger partial charge >= 0.3 is 0 Å². The monoisotopic (exact) mass is 335 g/mol. The molecule has 2 nitrogen and oxygen atoms in total. The van der Waals surface area contributed by atoms with E-state index < -0.39 is 5.82 Å². The van der Waals surface area contributed by atoms with Gasteiger partial charge in [-0.3, -0.25) is 4.79 Å². The SMILES string of the molecule is NC(CCC(=O)c1cc(Br)ccc1F)c1ccccc1. The van der Waals surface area contributed by atoms with Gasteiger partial charge in [0.2, 0.25) is 0 Å². The molecule has 0 saturated carbocycles. The van der Waals surface area contributed by atoms with Crippen molar-refractivity contribution in [3.8, 4) is 0 Å². The summed E-state index contributed by atoms with van der Waals surface area (Å²) in [6.45, 7) is 0. The topological polar surface area (TPSA) is 43.1 Å². The fraction of sp³-hybridized carbons (Fsp3) is 0.188. The minimum Gasteiger partial charge on any atom is -0.324 e. The van der Waals surface area contributed by atoms with E-state index in [1.165, 1.54) is 12.1 Å². The number of halogens is 2. The maximum Gasteiger partial charge on any atom is 0.165 e. The highest BCUT2D eigenvalue weighted by atomic mass is 79.9. The molecule has 0 fully saturated rings. The van der Waals surface area contributed by atoms with Crippen molar-refractivity contribution in [1.82, 2.24) is 0 Å². The van der Waals surface area contributed by atoms with Crippen molar-refractivity contribution in [1.29, 1.82) is 0 Å². The van der Waals surface area contributed by atoms with Gasteiger partial charge in [0.05, 0.1) is 5.56 Å². The number of rotatable bonds is 5. The van der Waals surface area contributed by atoms with Gasteiger partial charge in [0.15, 0.2) is 5.78 Å². The second-order valence-electron chi connectivity index (χ2n) is 4.60. The zero-order valence-corrected chi connectivity index (χ0v) is 12.4. The number of hydrogen-bond donors (Lipinski definition) is 1. The van der Waals surface area contributed by atoms with Gasteiger partial charge in [-0.15, -0.1) is 0 Å². The zero-order chi connectivity index (χ0) is 14.5. The molecule has 2 aromatic carbocycles. The Hall–Kier alpha value is -1.52. The molecule has 0 bridgehead atoms. The van der Waals surface area contributed by atoms with E-state index in [1.54, 1.807) is 6.07 Å². The summed E-state index contributed by atoms with van der Waals surface area (Å²) < 4.78 is 14.3. The Bertz CT molecular complexity index is 601. The van der Waals surface area contributed by atoms with Gasteiger partial charge < -0.3 is 5.73 Å². The van der Waals surface area contributed by atoms with Crippen molar-refractivity contribution < 1.29 is 9.18 Å². The summed E-state index contributed by atoms with van der Waals surface area (Å²) >= 11 is 3.24. The molecule has 0 aliphatic rings. The highest BCUT2D eigenvalue weighted by Gasteiger charge is 2.14. The standard InChI is InChI=1S/C16H15BrFNO/c17-12-6-7-14(18)13(10-12)16(20)9-8-15(19)11-4-2-1-3-5-11/h1-7,10,15H,8-9,19H2. The van der Waals surface area contributed by atoms with E-state index in [0.717, 1.165) is 5.56 Å². The smallest absolute Gasteiger partial charge is 0.165 e. The number of carbonyl (C=O) groups is 1. The van der Waals surface area contributed by atoms with Gasteiger partial charge in [-0.05, 0) is 30.2 Å². The van der Waals surface area contributed by atoms with Crippen LogP contribution in [0, 0.1) is 5.82 Å². The molecule has 0 heterocycles. The lowest BCUT2D eigenvalue weighted by Gasteiger charge is -2.11. The highest BCUT2D eigenvalue weighted by Crippen LogP contribution is 2.20. The molecule has 0 aromatic heterocycles. The summed E-state index contributed by atoms with van der Waals surface area (Å²) in [6.07, 6.45) is 0.720. The summed E-state index contributed by atoms with van der Waals surface area (Å²) in [5.41, 5.74) is 7.13. The van der Waals surface area contributed by atoms with Crippen molar-refractivity contribution in [2.75, 3.05) is 0 Å². The third-order valence-electron chi connectivity index (χ3n) is 3.14. The molecule has 1 unspecified atom stereocenters. The molecular formula is C16H15BrFNO. The molecule has 0 aliphatic carbocycles. The van der Waals surface area contributed by atoms with E-state index in [2.05, 4.69) is 15.9 Å². The van der Waals surface area contributed by atoms with Gasteiger partial charge in [0.1, 0.15) is 5.82 Å². The third kappa shape index (κ3) is 3.74. The van der Waals surface area contributed by atoms with Crippen LogP contribution in [0.3, 0.4) is 0 Å². The fourth-order valence-electron chi connectivity index (χ4n) is 2.00. The summed E-state index contributed by atoms with van der Waals surface area (Å²) in [5.74, 6) is -0.721. The first-order valence-corrected chi connectivity index (χ1v) is 7.16. The van der Waals surface area contributed by atoms with Crippen molar-refractivity contribution in [3.63, 3.8) is 0 Å². The van der Waals surface area contributed by atoms with Gasteiger partial charge in [0.25, 0.3) is 0 Å². The lowest BCUT2D eigenvalue weighted by molar-refractivity contribution is 0.0973. The van der Waals surface area contributed by atoms with Crippen LogP contribution in [-0.2, 0) is 0 Å². The molecule has 0 aliphatic heterocycles. The van der Waals surface area contributed by atoms with Crippen molar-refractivity contribution >= 4 is 21.7 Å². The Morgan fingerprint density at radius 2 is 1.90 bits per heavy atom. The third-order valence-corrected chi connectivity index (χ3v) is 3.63. The molecule has 2 aromatic rings. The Morgan fingerprint density at radius 3 is 2.60 bits per heavy atom. The van der Waals surface area contributed by atoms with Crippen LogP contribution >= 0.6 is 15.9 Å². The molecule has 20 heavy (non-hydrogen) atoms. The molecular weight excluding hydrogens is 321 g/mol. The number of benzene rings is 2. The Kier molecular flexibility index (Phi) is 5.04. The van der Waals surface area contributed by atoms with Crippen molar-refractivity contribution in [2.24, 2.45) is 5.73 Å². The Balaban J connectivity index is 2.00. The molecule has 0 radical (unpaired) electrons. The lowest BCUT2D eigenvalue weighted by Crippen LogP contribution is -2.13. The maximum absolute atomic E-state index is 13.6. The van der Waals surface area contributed by atoms with E-state index in [9.17, 15) is 9.18 Å². The average Bonchev–Trinajstić information content (AvgIpc) is 2.47. The van der Waals surface area contributed by atoms with Crippen LogP contribution in [0.25, 0.3) is 0 Å². The molecule has 4 heteroatoms. The number of nitrogens with two attached hydrogens (primary N) is 1. The molecule has 0 saturated heterocycles. The van der Waals surface area contributed by atoms with E-state index in [1.807, 2.05) is 30.3 Å². The van der Waals surface area contributed by atoms with Crippen LogP contribution in [-0.4, -0.2) is 5.78 Å². The van der Waals surface area contributed by atoms with E-state index >= 15 is 0 Å². The van der Waals surface area contributed by atoms with Gasteiger partial charge in [0, 0.05) is 16.9 Å². The predicted molar refractivity (Wildman–Crippen MR) is 81.0 cm³/mol. The normalized spacial score (nSPS) is 12.2. The summed E-state index contributed by atoms with van der Waals surface area (Å²) in [6, 6.07) is 13.7. The highest BCUT2D eigenvalue weighted by molar-refractivity contribution is 9.10. The quantitative estimate of drug-likeness (QED) is 0.830. The van der Waals surface area contributed by atoms with E-state index in [-0.39, 0.29) is 23.8 Å². The van der Waals surface area contributed by atoms with Gasteiger partial charge in [-0.2, -0.15) is 0 Å². The van der Waals surface area contributed by atoms with Crippen molar-refractivity contribution in [2.45, 2.75) is 18.9 Å². The van der Waals surface area contributed by atoms with Crippen LogP contribution in [0.4, 0.5) is 4.39 Å². The second kappa shape index (κ2) is 6.77. The maximum atomic E-state index is 13.6. The largest absolute Gasteiger partial charge is 0.324 e. The number of Topliss-reactive ketones (excluding diaryl/α,β-unsaturated/α-hetero) is 1. The first-order valence-electron chi connectivity index (χ1n) is 6.36. The lowest BCUT2D eigenvalue weighted by atomic mass is 9.99. The minimum atomic E-state index is -0.494. The van der Waals surface area contributed by atoms with Gasteiger partial charge in [-0.25, -0.2) is 4.39 Å². The van der Waals surface area contributed by atoms with Crippen molar-refractivity contribution in [3.05, 3.63) is 69.9 Å². The molecule has 104 valence electrons. The fourth-order valence-corrected chi connectivity index (χ4v) is 2.36. The molecule has 1 atom stereocenters. The minimum absolute atomic E-state index is 0.111. The summed E-state index contributed by atoms with van der Waals surface area (Å²) in [4.78, 5) is 12.0. The van der Waals surface area contributed by atoms with Crippen LogP contribution < -0.4 is 5.73 Å². The van der Waals surface area contributed by atoms with Gasteiger partial charge in [-0.1, -0.05) is 46.3 Å². The summed E-state index contributed by atoms with van der Waals surface area (Å²) in [7, 11) is 0.